The highest BCUT2D eigenvalue weighted by atomic mass is 19.4. The molecule has 0 bridgehead atoms. The van der Waals surface area contributed by atoms with Gasteiger partial charge in [0.25, 0.3) is 0 Å². The molecule has 1 aromatic carbocycles. The molecular formula is C13H15F3N2O. The molecule has 19 heavy (non-hydrogen) atoms. The van der Waals surface area contributed by atoms with Crippen LogP contribution in [0.3, 0.4) is 0 Å². The Hall–Kier alpha value is -1.69. The average molecular weight is 272 g/mol. The lowest BCUT2D eigenvalue weighted by Crippen LogP contribution is -2.32. The summed E-state index contributed by atoms with van der Waals surface area (Å²) in [6.45, 7) is 1.88. The minimum atomic E-state index is -4.36. The first-order valence-corrected chi connectivity index (χ1v) is 5.97. The summed E-state index contributed by atoms with van der Waals surface area (Å²) in [5.41, 5.74) is 5.75. The first-order valence-electron chi connectivity index (χ1n) is 5.97. The zero-order chi connectivity index (χ0) is 14.0. The third-order valence-corrected chi connectivity index (χ3v) is 2.94. The van der Waals surface area contributed by atoms with Crippen molar-refractivity contribution in [3.63, 3.8) is 0 Å². The van der Waals surface area contributed by atoms with Crippen molar-refractivity contribution < 1.29 is 17.9 Å². The predicted molar refractivity (Wildman–Crippen MR) is 67.3 cm³/mol. The van der Waals surface area contributed by atoms with Crippen LogP contribution in [0.25, 0.3) is 10.9 Å². The summed E-state index contributed by atoms with van der Waals surface area (Å²) in [6, 6.07) is 4.93. The fourth-order valence-corrected chi connectivity index (χ4v) is 2.08. The Balaban J connectivity index is 2.45. The van der Waals surface area contributed by atoms with Gasteiger partial charge in [-0.25, -0.2) is 0 Å². The third-order valence-electron chi connectivity index (χ3n) is 2.94. The van der Waals surface area contributed by atoms with E-state index in [1.54, 1.807) is 24.3 Å². The molecule has 2 N–H and O–H groups in total. The van der Waals surface area contributed by atoms with Crippen LogP contribution in [0.5, 0.6) is 5.75 Å². The van der Waals surface area contributed by atoms with Crippen molar-refractivity contribution in [2.75, 3.05) is 13.2 Å². The SMILES string of the molecule is CCOc1ccc2c(ccn2C(CN)C(F)(F)F)c1. The molecule has 0 fully saturated rings. The lowest BCUT2D eigenvalue weighted by atomic mass is 10.2. The molecule has 0 saturated carbocycles. The molecule has 0 aliphatic carbocycles. The Morgan fingerprint density at radius 1 is 1.32 bits per heavy atom. The van der Waals surface area contributed by atoms with Gasteiger partial charge in [-0.05, 0) is 31.2 Å². The monoisotopic (exact) mass is 272 g/mol. The molecule has 0 amide bonds. The Kier molecular flexibility index (Phi) is 3.71. The molecule has 6 heteroatoms. The van der Waals surface area contributed by atoms with Gasteiger partial charge in [0.15, 0.2) is 0 Å². The van der Waals surface area contributed by atoms with Crippen LogP contribution in [0.1, 0.15) is 13.0 Å². The molecule has 1 unspecified atom stereocenters. The third kappa shape index (κ3) is 2.68. The molecule has 0 aliphatic heterocycles. The predicted octanol–water partition coefficient (Wildman–Crippen LogP) is 3.10. The van der Waals surface area contributed by atoms with Crippen molar-refractivity contribution >= 4 is 10.9 Å². The summed E-state index contributed by atoms with van der Waals surface area (Å²) in [5.74, 6) is 0.643. The molecular weight excluding hydrogens is 257 g/mol. The second-order valence-electron chi connectivity index (χ2n) is 4.17. The number of aromatic nitrogens is 1. The topological polar surface area (TPSA) is 40.2 Å². The number of benzene rings is 1. The van der Waals surface area contributed by atoms with Crippen LogP contribution >= 0.6 is 0 Å². The number of ether oxygens (including phenoxy) is 1. The fourth-order valence-electron chi connectivity index (χ4n) is 2.08. The summed E-state index contributed by atoms with van der Waals surface area (Å²) < 4.78 is 45.1. The van der Waals surface area contributed by atoms with Gasteiger partial charge in [-0.1, -0.05) is 0 Å². The highest BCUT2D eigenvalue weighted by Gasteiger charge is 2.40. The highest BCUT2D eigenvalue weighted by molar-refractivity contribution is 5.81. The summed E-state index contributed by atoms with van der Waals surface area (Å²) in [6.07, 6.45) is -2.95. The molecule has 104 valence electrons. The van der Waals surface area contributed by atoms with Gasteiger partial charge >= 0.3 is 6.18 Å². The maximum absolute atomic E-state index is 12.9. The lowest BCUT2D eigenvalue weighted by Gasteiger charge is -2.21. The Morgan fingerprint density at radius 2 is 2.05 bits per heavy atom. The molecule has 0 spiro atoms. The second kappa shape index (κ2) is 5.13. The number of rotatable bonds is 4. The average Bonchev–Trinajstić information content (AvgIpc) is 2.72. The molecule has 1 heterocycles. The number of fused-ring (bicyclic) bond motifs is 1. The number of alkyl halides is 3. The molecule has 3 nitrogen and oxygen atoms in total. The standard InChI is InChI=1S/C13H15F3N2O/c1-2-19-10-3-4-11-9(7-10)5-6-18(11)12(8-17)13(14,15)16/h3-7,12H,2,8,17H2,1H3. The minimum Gasteiger partial charge on any atom is -0.494 e. The number of halogens is 3. The Morgan fingerprint density at radius 3 is 2.63 bits per heavy atom. The van der Waals surface area contributed by atoms with E-state index in [9.17, 15) is 13.2 Å². The number of nitrogens with two attached hydrogens (primary N) is 1. The van der Waals surface area contributed by atoms with E-state index >= 15 is 0 Å². The van der Waals surface area contributed by atoms with Gasteiger partial charge in [-0.2, -0.15) is 13.2 Å². The van der Waals surface area contributed by atoms with E-state index in [-0.39, 0.29) is 0 Å². The largest absolute Gasteiger partial charge is 0.494 e. The zero-order valence-electron chi connectivity index (χ0n) is 10.4. The maximum Gasteiger partial charge on any atom is 0.410 e. The van der Waals surface area contributed by atoms with Crippen molar-refractivity contribution in [3.8, 4) is 5.75 Å². The van der Waals surface area contributed by atoms with Crippen LogP contribution in [-0.4, -0.2) is 23.9 Å². The molecule has 0 saturated heterocycles. The van der Waals surface area contributed by atoms with E-state index in [1.165, 1.54) is 6.20 Å². The molecule has 2 aromatic rings. The molecule has 0 radical (unpaired) electrons. The van der Waals surface area contributed by atoms with Gasteiger partial charge in [0, 0.05) is 23.6 Å². The van der Waals surface area contributed by atoms with E-state index in [0.29, 0.717) is 23.3 Å². The first-order chi connectivity index (χ1) is 8.97. The molecule has 1 atom stereocenters. The van der Waals surface area contributed by atoms with Crippen LogP contribution < -0.4 is 10.5 Å². The lowest BCUT2D eigenvalue weighted by molar-refractivity contribution is -0.164. The van der Waals surface area contributed by atoms with E-state index in [1.807, 2.05) is 6.92 Å². The first kappa shape index (κ1) is 13.7. The van der Waals surface area contributed by atoms with Gasteiger partial charge in [-0.15, -0.1) is 0 Å². The summed E-state index contributed by atoms with van der Waals surface area (Å²) >= 11 is 0. The van der Waals surface area contributed by atoms with Gasteiger partial charge < -0.3 is 15.0 Å². The zero-order valence-corrected chi connectivity index (χ0v) is 10.4. The Labute approximate surface area is 108 Å². The normalized spacial score (nSPS) is 13.7. The van der Waals surface area contributed by atoms with Crippen molar-refractivity contribution in [1.82, 2.24) is 4.57 Å². The number of hydrogen-bond donors (Lipinski definition) is 1. The smallest absolute Gasteiger partial charge is 0.410 e. The van der Waals surface area contributed by atoms with E-state index in [4.69, 9.17) is 10.5 Å². The molecule has 1 aromatic heterocycles. The van der Waals surface area contributed by atoms with Crippen LogP contribution in [0.4, 0.5) is 13.2 Å². The van der Waals surface area contributed by atoms with Crippen molar-refractivity contribution in [3.05, 3.63) is 30.5 Å². The van der Waals surface area contributed by atoms with Crippen molar-refractivity contribution in [2.45, 2.75) is 19.1 Å². The van der Waals surface area contributed by atoms with Crippen LogP contribution in [0.15, 0.2) is 30.5 Å². The van der Waals surface area contributed by atoms with E-state index in [0.717, 1.165) is 4.57 Å². The van der Waals surface area contributed by atoms with Gasteiger partial charge in [0.1, 0.15) is 11.8 Å². The summed E-state index contributed by atoms with van der Waals surface area (Å²) in [5, 5.41) is 0.702. The maximum atomic E-state index is 12.9. The van der Waals surface area contributed by atoms with Crippen molar-refractivity contribution in [2.24, 2.45) is 5.73 Å². The van der Waals surface area contributed by atoms with Gasteiger partial charge in [0.2, 0.25) is 0 Å². The quantitative estimate of drug-likeness (QED) is 0.929. The summed E-state index contributed by atoms with van der Waals surface area (Å²) in [7, 11) is 0. The molecule has 2 rings (SSSR count). The van der Waals surface area contributed by atoms with Crippen LogP contribution in [0.2, 0.25) is 0 Å². The second-order valence-corrected chi connectivity index (χ2v) is 4.17. The van der Waals surface area contributed by atoms with E-state index in [2.05, 4.69) is 0 Å². The minimum absolute atomic E-state index is 0.486. The van der Waals surface area contributed by atoms with Gasteiger partial charge in [-0.3, -0.25) is 0 Å². The summed E-state index contributed by atoms with van der Waals surface area (Å²) in [4.78, 5) is 0. The van der Waals surface area contributed by atoms with Crippen LogP contribution in [0, 0.1) is 0 Å². The van der Waals surface area contributed by atoms with Crippen molar-refractivity contribution in [1.29, 1.82) is 0 Å². The fraction of sp³-hybridized carbons (Fsp3) is 0.385. The van der Waals surface area contributed by atoms with E-state index < -0.39 is 18.8 Å². The van der Waals surface area contributed by atoms with Crippen LogP contribution in [-0.2, 0) is 0 Å². The van der Waals surface area contributed by atoms with Gasteiger partial charge in [0.05, 0.1) is 6.61 Å². The Bertz CT molecular complexity index is 563. The highest BCUT2D eigenvalue weighted by Crippen LogP contribution is 2.33. The molecule has 0 aliphatic rings. The number of nitrogens with zero attached hydrogens (tertiary/aromatic N) is 1. The number of hydrogen-bond acceptors (Lipinski definition) is 2.